The van der Waals surface area contributed by atoms with E-state index in [1.807, 2.05) is 29.2 Å². The first-order chi connectivity index (χ1) is 13.1. The van der Waals surface area contributed by atoms with Crippen LogP contribution in [0.1, 0.15) is 47.7 Å². The Balaban J connectivity index is 1.41. The molecule has 1 aliphatic heterocycles. The van der Waals surface area contributed by atoms with E-state index in [-0.39, 0.29) is 5.91 Å². The molecular formula is C19H21ClN6O. The van der Waals surface area contributed by atoms with Crippen LogP contribution in [-0.2, 0) is 6.42 Å². The smallest absolute Gasteiger partial charge is 0.257 e. The van der Waals surface area contributed by atoms with Crippen LogP contribution in [0.25, 0.3) is 5.69 Å². The molecule has 1 aliphatic rings. The number of H-pyrrole nitrogens is 1. The van der Waals surface area contributed by atoms with Gasteiger partial charge >= 0.3 is 0 Å². The van der Waals surface area contributed by atoms with Crippen molar-refractivity contribution in [3.8, 4) is 5.69 Å². The lowest BCUT2D eigenvalue weighted by Crippen LogP contribution is -2.38. The minimum atomic E-state index is 0.00552. The van der Waals surface area contributed by atoms with Gasteiger partial charge in [-0.3, -0.25) is 9.89 Å². The van der Waals surface area contributed by atoms with Gasteiger partial charge in [0, 0.05) is 36.6 Å². The van der Waals surface area contributed by atoms with Gasteiger partial charge in [-0.15, -0.1) is 0 Å². The third-order valence-corrected chi connectivity index (χ3v) is 5.17. The molecule has 7 nitrogen and oxygen atoms in total. The fourth-order valence-electron chi connectivity index (χ4n) is 3.37. The molecule has 8 heteroatoms. The lowest BCUT2D eigenvalue weighted by molar-refractivity contribution is 0.0711. The number of piperidine rings is 1. The van der Waals surface area contributed by atoms with Crippen LogP contribution in [0.15, 0.2) is 36.7 Å². The van der Waals surface area contributed by atoms with Crippen molar-refractivity contribution in [3.05, 3.63) is 58.9 Å². The minimum Gasteiger partial charge on any atom is -0.339 e. The number of nitrogens with one attached hydrogen (secondary N) is 1. The largest absolute Gasteiger partial charge is 0.339 e. The fourth-order valence-corrected chi connectivity index (χ4v) is 3.55. The van der Waals surface area contributed by atoms with E-state index in [4.69, 9.17) is 11.6 Å². The third kappa shape index (κ3) is 3.73. The van der Waals surface area contributed by atoms with E-state index in [0.717, 1.165) is 36.6 Å². The number of hydrogen-bond donors (Lipinski definition) is 1. The van der Waals surface area contributed by atoms with Gasteiger partial charge in [0.2, 0.25) is 0 Å². The standard InChI is InChI=1S/C19H21ClN6O/c1-2-17-22-18(24-23-17)13-6-8-25(9-7-13)19(27)14-11-21-26(12-14)16-5-3-4-15(20)10-16/h3-5,10-13H,2,6-9H2,1H3,(H,22,23,24). The Bertz CT molecular complexity index is 941. The molecule has 0 saturated carbocycles. The summed E-state index contributed by atoms with van der Waals surface area (Å²) in [5.74, 6) is 2.09. The molecule has 2 aromatic heterocycles. The third-order valence-electron chi connectivity index (χ3n) is 4.93. The molecule has 0 unspecified atom stereocenters. The first-order valence-electron chi connectivity index (χ1n) is 9.15. The van der Waals surface area contributed by atoms with Crippen molar-refractivity contribution >= 4 is 17.5 Å². The zero-order chi connectivity index (χ0) is 18.8. The Kier molecular flexibility index (Phi) is 4.94. The SMILES string of the molecule is CCc1nc(C2CCN(C(=O)c3cnn(-c4cccc(Cl)c4)c3)CC2)n[nH]1. The van der Waals surface area contributed by atoms with Crippen molar-refractivity contribution in [2.75, 3.05) is 13.1 Å². The number of halogens is 1. The van der Waals surface area contributed by atoms with Crippen molar-refractivity contribution in [2.24, 2.45) is 0 Å². The molecule has 3 aromatic rings. The molecule has 0 radical (unpaired) electrons. The molecule has 0 spiro atoms. The number of aryl methyl sites for hydroxylation is 1. The van der Waals surface area contributed by atoms with Crippen LogP contribution in [0, 0.1) is 0 Å². The van der Waals surface area contributed by atoms with Gasteiger partial charge in [-0.25, -0.2) is 9.67 Å². The number of aromatic nitrogens is 5. The second-order valence-electron chi connectivity index (χ2n) is 6.71. The van der Waals surface area contributed by atoms with Gasteiger partial charge in [0.15, 0.2) is 5.82 Å². The van der Waals surface area contributed by atoms with Crippen LogP contribution < -0.4 is 0 Å². The Morgan fingerprint density at radius 2 is 2.15 bits per heavy atom. The summed E-state index contributed by atoms with van der Waals surface area (Å²) < 4.78 is 1.67. The summed E-state index contributed by atoms with van der Waals surface area (Å²) >= 11 is 6.03. The Morgan fingerprint density at radius 3 is 2.85 bits per heavy atom. The number of amides is 1. The minimum absolute atomic E-state index is 0.00552. The zero-order valence-electron chi connectivity index (χ0n) is 15.1. The maximum absolute atomic E-state index is 12.8. The monoisotopic (exact) mass is 384 g/mol. The van der Waals surface area contributed by atoms with Crippen LogP contribution in [0.2, 0.25) is 5.02 Å². The molecule has 0 bridgehead atoms. The molecular weight excluding hydrogens is 364 g/mol. The summed E-state index contributed by atoms with van der Waals surface area (Å²) in [6.45, 7) is 3.44. The molecule has 1 saturated heterocycles. The molecule has 3 heterocycles. The normalized spacial score (nSPS) is 15.3. The highest BCUT2D eigenvalue weighted by Gasteiger charge is 2.27. The maximum atomic E-state index is 12.8. The van der Waals surface area contributed by atoms with Crippen molar-refractivity contribution in [1.29, 1.82) is 0 Å². The van der Waals surface area contributed by atoms with Crippen LogP contribution in [0.3, 0.4) is 0 Å². The number of nitrogens with zero attached hydrogens (tertiary/aromatic N) is 5. The van der Waals surface area contributed by atoms with E-state index in [1.54, 1.807) is 17.1 Å². The highest BCUT2D eigenvalue weighted by atomic mass is 35.5. The van der Waals surface area contributed by atoms with Gasteiger partial charge in [0.1, 0.15) is 5.82 Å². The van der Waals surface area contributed by atoms with E-state index < -0.39 is 0 Å². The van der Waals surface area contributed by atoms with E-state index in [0.29, 0.717) is 29.6 Å². The average Bonchev–Trinajstić information content (AvgIpc) is 3.37. The number of benzene rings is 1. The first kappa shape index (κ1) is 17.7. The predicted octanol–water partition coefficient (Wildman–Crippen LogP) is 3.23. The second-order valence-corrected chi connectivity index (χ2v) is 7.15. The number of likely N-dealkylation sites (tertiary alicyclic amines) is 1. The molecule has 1 amide bonds. The molecule has 140 valence electrons. The number of rotatable bonds is 4. The van der Waals surface area contributed by atoms with Gasteiger partial charge in [0.25, 0.3) is 5.91 Å². The van der Waals surface area contributed by atoms with Crippen molar-refractivity contribution in [2.45, 2.75) is 32.1 Å². The highest BCUT2D eigenvalue weighted by molar-refractivity contribution is 6.30. The summed E-state index contributed by atoms with van der Waals surface area (Å²) in [5.41, 5.74) is 1.41. The van der Waals surface area contributed by atoms with E-state index in [2.05, 4.69) is 27.2 Å². The van der Waals surface area contributed by atoms with E-state index >= 15 is 0 Å². The molecule has 4 rings (SSSR count). The number of carbonyl (C=O) groups excluding carboxylic acids is 1. The number of aromatic amines is 1. The summed E-state index contributed by atoms with van der Waals surface area (Å²) in [6, 6.07) is 7.39. The van der Waals surface area contributed by atoms with E-state index in [1.165, 1.54) is 0 Å². The van der Waals surface area contributed by atoms with Gasteiger partial charge in [0.05, 0.1) is 17.4 Å². The lowest BCUT2D eigenvalue weighted by atomic mass is 9.96. The zero-order valence-corrected chi connectivity index (χ0v) is 15.9. The van der Waals surface area contributed by atoms with Gasteiger partial charge < -0.3 is 4.90 Å². The van der Waals surface area contributed by atoms with Crippen molar-refractivity contribution < 1.29 is 4.79 Å². The van der Waals surface area contributed by atoms with Crippen LogP contribution in [0.5, 0.6) is 0 Å². The first-order valence-corrected chi connectivity index (χ1v) is 9.53. The topological polar surface area (TPSA) is 79.7 Å². The van der Waals surface area contributed by atoms with Crippen LogP contribution in [0.4, 0.5) is 0 Å². The predicted molar refractivity (Wildman–Crippen MR) is 102 cm³/mol. The Hall–Kier alpha value is -2.67. The quantitative estimate of drug-likeness (QED) is 0.748. The fraction of sp³-hybridized carbons (Fsp3) is 0.368. The molecule has 1 aromatic carbocycles. The lowest BCUT2D eigenvalue weighted by Gasteiger charge is -2.30. The van der Waals surface area contributed by atoms with Gasteiger partial charge in [-0.05, 0) is 31.0 Å². The van der Waals surface area contributed by atoms with E-state index in [9.17, 15) is 4.79 Å². The number of hydrogen-bond acceptors (Lipinski definition) is 4. The molecule has 0 aliphatic carbocycles. The summed E-state index contributed by atoms with van der Waals surface area (Å²) in [7, 11) is 0. The molecule has 0 atom stereocenters. The van der Waals surface area contributed by atoms with Crippen molar-refractivity contribution in [3.63, 3.8) is 0 Å². The van der Waals surface area contributed by atoms with Crippen LogP contribution in [-0.4, -0.2) is 48.9 Å². The Labute approximate surface area is 162 Å². The number of carbonyl (C=O) groups is 1. The summed E-state index contributed by atoms with van der Waals surface area (Å²) in [4.78, 5) is 19.2. The summed E-state index contributed by atoms with van der Waals surface area (Å²) in [6.07, 6.45) is 5.95. The highest BCUT2D eigenvalue weighted by Crippen LogP contribution is 2.26. The van der Waals surface area contributed by atoms with Gasteiger partial charge in [-0.2, -0.15) is 10.2 Å². The van der Waals surface area contributed by atoms with Crippen LogP contribution >= 0.6 is 11.6 Å². The average molecular weight is 385 g/mol. The molecule has 1 fully saturated rings. The molecule has 27 heavy (non-hydrogen) atoms. The maximum Gasteiger partial charge on any atom is 0.257 e. The summed E-state index contributed by atoms with van der Waals surface area (Å²) in [5, 5.41) is 12.2. The Morgan fingerprint density at radius 1 is 1.33 bits per heavy atom. The second kappa shape index (κ2) is 7.52. The van der Waals surface area contributed by atoms with Crippen molar-refractivity contribution in [1.82, 2.24) is 29.9 Å². The van der Waals surface area contributed by atoms with Gasteiger partial charge in [-0.1, -0.05) is 24.6 Å². The molecule has 1 N–H and O–H groups in total.